The van der Waals surface area contributed by atoms with Crippen LogP contribution in [-0.2, 0) is 6.42 Å². The van der Waals surface area contributed by atoms with Gasteiger partial charge in [0.05, 0.1) is 12.3 Å². The van der Waals surface area contributed by atoms with Gasteiger partial charge in [-0.2, -0.15) is 0 Å². The van der Waals surface area contributed by atoms with Gasteiger partial charge in [0.15, 0.2) is 0 Å². The molecule has 0 unspecified atom stereocenters. The van der Waals surface area contributed by atoms with E-state index in [9.17, 15) is 0 Å². The molecule has 0 aliphatic heterocycles. The lowest BCUT2D eigenvalue weighted by molar-refractivity contribution is 0.307. The van der Waals surface area contributed by atoms with Crippen LogP contribution in [0.15, 0.2) is 53.1 Å². The maximum atomic E-state index is 5.97. The van der Waals surface area contributed by atoms with E-state index in [0.717, 1.165) is 36.7 Å². The van der Waals surface area contributed by atoms with E-state index in [4.69, 9.17) is 9.26 Å². The fourth-order valence-electron chi connectivity index (χ4n) is 2.97. The van der Waals surface area contributed by atoms with Crippen LogP contribution in [0.4, 0.5) is 0 Å². The van der Waals surface area contributed by atoms with Crippen molar-refractivity contribution in [1.29, 1.82) is 0 Å². The minimum absolute atomic E-state index is 0.787. The van der Waals surface area contributed by atoms with E-state index in [0.29, 0.717) is 0 Å². The van der Waals surface area contributed by atoms with Crippen molar-refractivity contribution in [3.63, 3.8) is 0 Å². The number of unbranched alkanes of at least 4 members (excludes halogenated alkanes) is 4. The Morgan fingerprint density at radius 3 is 2.58 bits per heavy atom. The molecule has 1 heterocycles. The number of ether oxygens (including phenoxy) is 1. The van der Waals surface area contributed by atoms with Crippen LogP contribution in [-0.4, -0.2) is 11.8 Å². The molecule has 3 nitrogen and oxygen atoms in total. The highest BCUT2D eigenvalue weighted by atomic mass is 16.5. The van der Waals surface area contributed by atoms with Gasteiger partial charge in [0.25, 0.3) is 0 Å². The molecule has 0 atom stereocenters. The van der Waals surface area contributed by atoms with E-state index in [2.05, 4.69) is 47.6 Å². The zero-order chi connectivity index (χ0) is 16.6. The van der Waals surface area contributed by atoms with Crippen molar-refractivity contribution in [2.24, 2.45) is 0 Å². The van der Waals surface area contributed by atoms with Crippen molar-refractivity contribution in [2.75, 3.05) is 6.61 Å². The number of nitrogens with zero attached hydrogens (tertiary/aromatic N) is 1. The molecule has 1 aromatic heterocycles. The monoisotopic (exact) mass is 323 g/mol. The Kier molecular flexibility index (Phi) is 5.89. The molecule has 126 valence electrons. The fraction of sp³-hybridized carbons (Fsp3) is 0.381. The molecule has 0 radical (unpaired) electrons. The quantitative estimate of drug-likeness (QED) is 0.473. The first-order valence-corrected chi connectivity index (χ1v) is 8.86. The number of hydrogen-bond acceptors (Lipinski definition) is 3. The van der Waals surface area contributed by atoms with E-state index in [-0.39, 0.29) is 0 Å². The summed E-state index contributed by atoms with van der Waals surface area (Å²) in [5.41, 5.74) is 0.968. The van der Waals surface area contributed by atoms with Crippen molar-refractivity contribution in [1.82, 2.24) is 5.16 Å². The second-order valence-corrected chi connectivity index (χ2v) is 6.28. The second kappa shape index (κ2) is 8.53. The summed E-state index contributed by atoms with van der Waals surface area (Å²) in [4.78, 5) is 0. The van der Waals surface area contributed by atoms with Crippen molar-refractivity contribution in [2.45, 2.75) is 45.4 Å². The molecule has 0 aliphatic carbocycles. The molecule has 3 rings (SSSR count). The minimum atomic E-state index is 0.787. The number of aromatic nitrogens is 1. The third kappa shape index (κ3) is 4.60. The average Bonchev–Trinajstić information content (AvgIpc) is 3.02. The highest BCUT2D eigenvalue weighted by Gasteiger charge is 2.02. The van der Waals surface area contributed by atoms with Gasteiger partial charge in [0.1, 0.15) is 11.5 Å². The second-order valence-electron chi connectivity index (χ2n) is 6.28. The zero-order valence-electron chi connectivity index (χ0n) is 14.3. The molecular formula is C21H25NO2. The van der Waals surface area contributed by atoms with Gasteiger partial charge >= 0.3 is 0 Å². The Balaban J connectivity index is 1.31. The summed E-state index contributed by atoms with van der Waals surface area (Å²) in [5, 5.41) is 6.35. The summed E-state index contributed by atoms with van der Waals surface area (Å²) in [6.45, 7) is 2.75. The number of aryl methyl sites for hydroxylation is 2. The summed E-state index contributed by atoms with van der Waals surface area (Å²) in [7, 11) is 0. The van der Waals surface area contributed by atoms with Crippen molar-refractivity contribution in [3.05, 3.63) is 60.0 Å². The first-order chi connectivity index (χ1) is 11.8. The lowest BCUT2D eigenvalue weighted by Crippen LogP contribution is -1.98. The SMILES string of the molecule is Cc1cc(CCCCCCCOc2cccc3ccccc23)on1. The predicted molar refractivity (Wildman–Crippen MR) is 97.5 cm³/mol. The summed E-state index contributed by atoms with van der Waals surface area (Å²) in [6.07, 6.45) is 6.94. The molecule has 0 N–H and O–H groups in total. The fourth-order valence-corrected chi connectivity index (χ4v) is 2.97. The van der Waals surface area contributed by atoms with E-state index in [1.807, 2.05) is 13.0 Å². The molecule has 0 saturated heterocycles. The number of rotatable bonds is 9. The molecule has 24 heavy (non-hydrogen) atoms. The molecular weight excluding hydrogens is 298 g/mol. The predicted octanol–water partition coefficient (Wildman–Crippen LogP) is 5.71. The summed E-state index contributed by atoms with van der Waals surface area (Å²) < 4.78 is 11.2. The first-order valence-electron chi connectivity index (χ1n) is 8.86. The molecule has 3 aromatic rings. The van der Waals surface area contributed by atoms with Crippen LogP contribution in [0.3, 0.4) is 0 Å². The summed E-state index contributed by atoms with van der Waals surface area (Å²) in [5.74, 6) is 2.00. The normalized spacial score (nSPS) is 11.0. The molecule has 0 spiro atoms. The Hall–Kier alpha value is -2.29. The van der Waals surface area contributed by atoms with Crippen LogP contribution in [0.1, 0.15) is 43.6 Å². The molecule has 3 heteroatoms. The largest absolute Gasteiger partial charge is 0.493 e. The Bertz CT molecular complexity index is 758. The third-order valence-electron chi connectivity index (χ3n) is 4.25. The topological polar surface area (TPSA) is 35.3 Å². The van der Waals surface area contributed by atoms with E-state index < -0.39 is 0 Å². The van der Waals surface area contributed by atoms with Gasteiger partial charge in [-0.25, -0.2) is 0 Å². The lowest BCUT2D eigenvalue weighted by atomic mass is 10.1. The highest BCUT2D eigenvalue weighted by Crippen LogP contribution is 2.25. The molecule has 2 aromatic carbocycles. The Labute approximate surface area is 143 Å². The Morgan fingerprint density at radius 2 is 1.71 bits per heavy atom. The van der Waals surface area contributed by atoms with Gasteiger partial charge in [-0.1, -0.05) is 60.8 Å². The van der Waals surface area contributed by atoms with Gasteiger partial charge in [0, 0.05) is 17.9 Å². The molecule has 0 amide bonds. The Morgan fingerprint density at radius 1 is 0.917 bits per heavy atom. The lowest BCUT2D eigenvalue weighted by Gasteiger charge is -2.09. The van der Waals surface area contributed by atoms with Crippen molar-refractivity contribution in [3.8, 4) is 5.75 Å². The van der Waals surface area contributed by atoms with Gasteiger partial charge in [0.2, 0.25) is 0 Å². The van der Waals surface area contributed by atoms with E-state index >= 15 is 0 Å². The zero-order valence-corrected chi connectivity index (χ0v) is 14.3. The standard InChI is InChI=1S/C21H25NO2/c1-17-16-19(24-22-17)12-5-3-2-4-8-15-23-21-14-9-11-18-10-6-7-13-20(18)21/h6-7,9-11,13-14,16H,2-5,8,12,15H2,1H3. The van der Waals surface area contributed by atoms with Gasteiger partial charge in [-0.15, -0.1) is 0 Å². The van der Waals surface area contributed by atoms with E-state index in [1.165, 1.54) is 36.5 Å². The molecule has 0 aliphatic rings. The molecule has 0 fully saturated rings. The molecule has 0 saturated carbocycles. The van der Waals surface area contributed by atoms with Crippen molar-refractivity contribution >= 4 is 10.8 Å². The van der Waals surface area contributed by atoms with Crippen molar-refractivity contribution < 1.29 is 9.26 Å². The van der Waals surface area contributed by atoms with Gasteiger partial charge < -0.3 is 9.26 Å². The average molecular weight is 323 g/mol. The van der Waals surface area contributed by atoms with Crippen LogP contribution < -0.4 is 4.74 Å². The number of hydrogen-bond donors (Lipinski definition) is 0. The first kappa shape index (κ1) is 16.6. The van der Waals surface area contributed by atoms with Gasteiger partial charge in [-0.3, -0.25) is 0 Å². The summed E-state index contributed by atoms with van der Waals surface area (Å²) >= 11 is 0. The van der Waals surface area contributed by atoms with Gasteiger partial charge in [-0.05, 0) is 31.2 Å². The maximum Gasteiger partial charge on any atom is 0.136 e. The summed E-state index contributed by atoms with van der Waals surface area (Å²) in [6, 6.07) is 16.6. The number of benzene rings is 2. The maximum absolute atomic E-state index is 5.97. The number of fused-ring (bicyclic) bond motifs is 1. The van der Waals surface area contributed by atoms with E-state index in [1.54, 1.807) is 0 Å². The molecule has 0 bridgehead atoms. The smallest absolute Gasteiger partial charge is 0.136 e. The van der Waals surface area contributed by atoms with Crippen LogP contribution in [0.2, 0.25) is 0 Å². The van der Waals surface area contributed by atoms with Crippen LogP contribution >= 0.6 is 0 Å². The van der Waals surface area contributed by atoms with Crippen LogP contribution in [0.5, 0.6) is 5.75 Å². The van der Waals surface area contributed by atoms with Crippen LogP contribution in [0, 0.1) is 6.92 Å². The van der Waals surface area contributed by atoms with Crippen LogP contribution in [0.25, 0.3) is 10.8 Å². The highest BCUT2D eigenvalue weighted by molar-refractivity contribution is 5.88. The minimum Gasteiger partial charge on any atom is -0.493 e. The third-order valence-corrected chi connectivity index (χ3v) is 4.25.